The monoisotopic (exact) mass is 348 g/mol. The summed E-state index contributed by atoms with van der Waals surface area (Å²) in [7, 11) is 0.624. The lowest BCUT2D eigenvalue weighted by Crippen LogP contribution is -2.01. The van der Waals surface area contributed by atoms with Crippen molar-refractivity contribution in [3.8, 4) is 0 Å². The average Bonchev–Trinajstić information content (AvgIpc) is 2.29. The number of hydrogen-bond donors (Lipinski definition) is 1. The molecule has 0 bridgehead atoms. The molecule has 0 radical (unpaired) electrons. The summed E-state index contributed by atoms with van der Waals surface area (Å²) in [6, 6.07) is 0. The van der Waals surface area contributed by atoms with Crippen LogP contribution in [0.25, 0.3) is 10.9 Å². The second-order valence-corrected chi connectivity index (χ2v) is 5.51. The van der Waals surface area contributed by atoms with Crippen LogP contribution >= 0.6 is 22.6 Å². The van der Waals surface area contributed by atoms with E-state index in [4.69, 9.17) is 0 Å². The highest BCUT2D eigenvalue weighted by Crippen LogP contribution is 2.23. The van der Waals surface area contributed by atoms with E-state index in [2.05, 4.69) is 42.9 Å². The standard InChI is InChI=1S/C9H9IN4OS/c1-11-8-5-3-13-9(16(2)15)14-7(5)6(10)4-12-8/h3-4H,1-2H3,(H,11,12). The maximum absolute atomic E-state index is 11.3. The summed E-state index contributed by atoms with van der Waals surface area (Å²) in [6.07, 6.45) is 4.94. The molecule has 0 saturated heterocycles. The lowest BCUT2D eigenvalue weighted by molar-refractivity contribution is 0.680. The van der Waals surface area contributed by atoms with Crippen LogP contribution < -0.4 is 5.32 Å². The first-order chi connectivity index (χ1) is 7.63. The Labute approximate surface area is 109 Å². The second kappa shape index (κ2) is 4.58. The second-order valence-electron chi connectivity index (χ2n) is 3.07. The summed E-state index contributed by atoms with van der Waals surface area (Å²) in [5.74, 6) is 0.726. The number of anilines is 1. The Morgan fingerprint density at radius 1 is 1.38 bits per heavy atom. The molecule has 2 heterocycles. The topological polar surface area (TPSA) is 67.8 Å². The van der Waals surface area contributed by atoms with E-state index >= 15 is 0 Å². The van der Waals surface area contributed by atoms with Gasteiger partial charge in [0.15, 0.2) is 0 Å². The fourth-order valence-electron chi connectivity index (χ4n) is 1.31. The summed E-state index contributed by atoms with van der Waals surface area (Å²) in [5, 5.41) is 4.16. The number of rotatable bonds is 2. The minimum Gasteiger partial charge on any atom is -0.373 e. The van der Waals surface area contributed by atoms with Gasteiger partial charge in [-0.1, -0.05) is 0 Å². The third-order valence-corrected chi connectivity index (χ3v) is 3.55. The van der Waals surface area contributed by atoms with E-state index in [0.29, 0.717) is 5.16 Å². The maximum atomic E-state index is 11.3. The zero-order valence-corrected chi connectivity index (χ0v) is 11.7. The number of nitrogens with zero attached hydrogens (tertiary/aromatic N) is 3. The fourth-order valence-corrected chi connectivity index (χ4v) is 2.28. The Kier molecular flexibility index (Phi) is 3.33. The Hall–Kier alpha value is -0.830. The van der Waals surface area contributed by atoms with Crippen molar-refractivity contribution in [2.45, 2.75) is 5.16 Å². The normalized spacial score (nSPS) is 12.7. The predicted molar refractivity (Wildman–Crippen MR) is 71.9 cm³/mol. The summed E-state index contributed by atoms with van der Waals surface area (Å²) in [5.41, 5.74) is 0.778. The Morgan fingerprint density at radius 2 is 2.12 bits per heavy atom. The molecule has 0 aromatic carbocycles. The molecule has 1 atom stereocenters. The predicted octanol–water partition coefficient (Wildman–Crippen LogP) is 1.41. The highest BCUT2D eigenvalue weighted by atomic mass is 127. The molecule has 0 amide bonds. The molecule has 0 fully saturated rings. The molecule has 16 heavy (non-hydrogen) atoms. The van der Waals surface area contributed by atoms with Gasteiger partial charge in [-0.15, -0.1) is 0 Å². The lowest BCUT2D eigenvalue weighted by Gasteiger charge is -2.06. The van der Waals surface area contributed by atoms with Gasteiger partial charge in [0.25, 0.3) is 0 Å². The van der Waals surface area contributed by atoms with Crippen LogP contribution in [0.15, 0.2) is 17.6 Å². The van der Waals surface area contributed by atoms with Gasteiger partial charge in [-0.3, -0.25) is 4.21 Å². The minimum atomic E-state index is -1.17. The Balaban J connectivity index is 2.77. The number of pyridine rings is 1. The van der Waals surface area contributed by atoms with Gasteiger partial charge in [0.05, 0.1) is 25.3 Å². The van der Waals surface area contributed by atoms with Crippen LogP contribution in [0.4, 0.5) is 5.82 Å². The largest absolute Gasteiger partial charge is 0.373 e. The Morgan fingerprint density at radius 3 is 2.75 bits per heavy atom. The van der Waals surface area contributed by atoms with Crippen LogP contribution in [0.1, 0.15) is 0 Å². The number of halogens is 1. The molecule has 0 aliphatic rings. The molecule has 0 spiro atoms. The van der Waals surface area contributed by atoms with Crippen molar-refractivity contribution < 1.29 is 4.21 Å². The van der Waals surface area contributed by atoms with Gasteiger partial charge in [-0.2, -0.15) is 0 Å². The molecule has 2 rings (SSSR count). The molecule has 1 unspecified atom stereocenters. The minimum absolute atomic E-state index is 0.346. The van der Waals surface area contributed by atoms with Crippen molar-refractivity contribution in [3.63, 3.8) is 0 Å². The summed E-state index contributed by atoms with van der Waals surface area (Å²) >= 11 is 2.15. The lowest BCUT2D eigenvalue weighted by atomic mass is 10.3. The van der Waals surface area contributed by atoms with Crippen molar-refractivity contribution in [3.05, 3.63) is 16.0 Å². The quantitative estimate of drug-likeness (QED) is 0.657. The molecule has 0 aliphatic carbocycles. The molecular weight excluding hydrogens is 339 g/mol. The van der Waals surface area contributed by atoms with Crippen LogP contribution in [0.5, 0.6) is 0 Å². The van der Waals surface area contributed by atoms with Crippen LogP contribution in [0, 0.1) is 3.57 Å². The third-order valence-electron chi connectivity index (χ3n) is 2.05. The van der Waals surface area contributed by atoms with Crippen LogP contribution in [0.2, 0.25) is 0 Å². The van der Waals surface area contributed by atoms with Gasteiger partial charge in [0.1, 0.15) is 5.82 Å². The number of fused-ring (bicyclic) bond motifs is 1. The summed E-state index contributed by atoms with van der Waals surface area (Å²) in [4.78, 5) is 12.6. The molecule has 0 aliphatic heterocycles. The maximum Gasteiger partial charge on any atom is 0.218 e. The van der Waals surface area contributed by atoms with E-state index in [1.54, 1.807) is 25.7 Å². The first-order valence-corrected chi connectivity index (χ1v) is 7.09. The van der Waals surface area contributed by atoms with Gasteiger partial charge in [0, 0.05) is 25.7 Å². The first-order valence-electron chi connectivity index (χ1n) is 4.46. The van der Waals surface area contributed by atoms with Gasteiger partial charge >= 0.3 is 0 Å². The van der Waals surface area contributed by atoms with Gasteiger partial charge in [0.2, 0.25) is 5.16 Å². The molecular formula is C9H9IN4OS. The van der Waals surface area contributed by atoms with Crippen molar-refractivity contribution in [1.29, 1.82) is 0 Å². The van der Waals surface area contributed by atoms with E-state index in [9.17, 15) is 4.21 Å². The van der Waals surface area contributed by atoms with Crippen molar-refractivity contribution in [1.82, 2.24) is 15.0 Å². The number of nitrogens with one attached hydrogen (secondary N) is 1. The fraction of sp³-hybridized carbons (Fsp3) is 0.222. The van der Waals surface area contributed by atoms with E-state index in [1.807, 2.05) is 0 Å². The highest BCUT2D eigenvalue weighted by Gasteiger charge is 2.09. The zero-order chi connectivity index (χ0) is 11.7. The summed E-state index contributed by atoms with van der Waals surface area (Å²) in [6.45, 7) is 0. The van der Waals surface area contributed by atoms with Crippen LogP contribution in [0.3, 0.4) is 0 Å². The van der Waals surface area contributed by atoms with Gasteiger partial charge < -0.3 is 5.32 Å². The van der Waals surface area contributed by atoms with Crippen LogP contribution in [-0.2, 0) is 10.8 Å². The smallest absolute Gasteiger partial charge is 0.218 e. The van der Waals surface area contributed by atoms with Crippen molar-refractivity contribution in [2.24, 2.45) is 0 Å². The number of hydrogen-bond acceptors (Lipinski definition) is 5. The first kappa shape index (κ1) is 11.6. The van der Waals surface area contributed by atoms with E-state index in [0.717, 1.165) is 20.3 Å². The number of aromatic nitrogens is 3. The SMILES string of the molecule is CNc1ncc(I)c2nc(S(C)=O)ncc12. The third kappa shape index (κ3) is 2.01. The van der Waals surface area contributed by atoms with E-state index in [-0.39, 0.29) is 0 Å². The molecule has 2 aromatic heterocycles. The van der Waals surface area contributed by atoms with Crippen LogP contribution in [-0.4, -0.2) is 32.5 Å². The summed E-state index contributed by atoms with van der Waals surface area (Å²) < 4.78 is 12.2. The van der Waals surface area contributed by atoms with Gasteiger partial charge in [-0.25, -0.2) is 15.0 Å². The molecule has 0 saturated carbocycles. The average molecular weight is 348 g/mol. The van der Waals surface area contributed by atoms with E-state index < -0.39 is 10.8 Å². The molecule has 7 heteroatoms. The van der Waals surface area contributed by atoms with Crippen molar-refractivity contribution in [2.75, 3.05) is 18.6 Å². The molecule has 1 N–H and O–H groups in total. The Bertz CT molecular complexity index is 575. The van der Waals surface area contributed by atoms with E-state index in [1.165, 1.54) is 0 Å². The van der Waals surface area contributed by atoms with Gasteiger partial charge in [-0.05, 0) is 22.6 Å². The zero-order valence-electron chi connectivity index (χ0n) is 8.69. The molecule has 2 aromatic rings. The molecule has 84 valence electrons. The van der Waals surface area contributed by atoms with Crippen molar-refractivity contribution >= 4 is 50.1 Å². The molecule has 5 nitrogen and oxygen atoms in total. The highest BCUT2D eigenvalue weighted by molar-refractivity contribution is 14.1.